The molecular formula is C12H9F2I3NO6S-. The molecule has 0 bridgehead atoms. The van der Waals surface area contributed by atoms with Crippen molar-refractivity contribution in [2.24, 2.45) is 0 Å². The number of ether oxygens (including phenoxy) is 1. The predicted molar refractivity (Wildman–Crippen MR) is 107 cm³/mol. The van der Waals surface area contributed by atoms with Gasteiger partial charge in [0.05, 0.1) is 12.0 Å². The van der Waals surface area contributed by atoms with Gasteiger partial charge in [0.25, 0.3) is 5.91 Å². The van der Waals surface area contributed by atoms with Crippen LogP contribution in [0.4, 0.5) is 8.78 Å². The number of rotatable bonds is 7. The fourth-order valence-electron chi connectivity index (χ4n) is 1.40. The molecule has 1 aromatic rings. The van der Waals surface area contributed by atoms with Crippen molar-refractivity contribution in [3.8, 4) is 0 Å². The molecule has 0 aliphatic carbocycles. The van der Waals surface area contributed by atoms with Gasteiger partial charge >= 0.3 is 11.2 Å². The standard InChI is InChI=1S/C12H10F2I3NO6S/c13-12(14,25(21,22)23)5-24-9(19)1-2-18-11(20)7-3-6(15)4-8(16)10(7)17/h3-4H,1-2,5H2,(H,18,20)(H,21,22,23)/p-1. The van der Waals surface area contributed by atoms with Crippen molar-refractivity contribution >= 4 is 89.8 Å². The minimum atomic E-state index is -5.91. The summed E-state index contributed by atoms with van der Waals surface area (Å²) in [6.45, 7) is -2.07. The van der Waals surface area contributed by atoms with Gasteiger partial charge in [-0.15, -0.1) is 0 Å². The number of alkyl halides is 2. The Hall–Kier alpha value is 0.120. The summed E-state index contributed by atoms with van der Waals surface area (Å²) < 4.78 is 62.9. The van der Waals surface area contributed by atoms with Gasteiger partial charge in [0.2, 0.25) is 0 Å². The third kappa shape index (κ3) is 6.98. The quantitative estimate of drug-likeness (QED) is 0.201. The highest BCUT2D eigenvalue weighted by Crippen LogP contribution is 2.23. The molecule has 0 saturated heterocycles. The minimum Gasteiger partial charge on any atom is -0.743 e. The van der Waals surface area contributed by atoms with Crippen LogP contribution >= 0.6 is 67.8 Å². The van der Waals surface area contributed by atoms with Crippen LogP contribution < -0.4 is 5.32 Å². The lowest BCUT2D eigenvalue weighted by atomic mass is 10.2. The van der Waals surface area contributed by atoms with Crippen molar-refractivity contribution in [1.29, 1.82) is 0 Å². The Labute approximate surface area is 182 Å². The molecule has 140 valence electrons. The second-order valence-electron chi connectivity index (χ2n) is 4.51. The van der Waals surface area contributed by atoms with Crippen molar-refractivity contribution in [1.82, 2.24) is 5.32 Å². The average molecular weight is 714 g/mol. The lowest BCUT2D eigenvalue weighted by Gasteiger charge is -2.19. The fourth-order valence-corrected chi connectivity index (χ4v) is 4.01. The molecule has 0 spiro atoms. The van der Waals surface area contributed by atoms with Crippen LogP contribution in [0.5, 0.6) is 0 Å². The van der Waals surface area contributed by atoms with Gasteiger partial charge in [-0.3, -0.25) is 9.59 Å². The molecule has 0 saturated carbocycles. The Morgan fingerprint density at radius 2 is 1.84 bits per heavy atom. The SMILES string of the molecule is O=C(CCNC(=O)c1cc(I)cc(I)c1I)OCC(F)(F)S(=O)(=O)[O-]. The van der Waals surface area contributed by atoms with Crippen molar-refractivity contribution in [3.05, 3.63) is 28.4 Å². The van der Waals surface area contributed by atoms with Gasteiger partial charge in [-0.05, 0) is 79.9 Å². The second-order valence-corrected chi connectivity index (χ2v) is 9.50. The van der Waals surface area contributed by atoms with Gasteiger partial charge in [0, 0.05) is 17.3 Å². The van der Waals surface area contributed by atoms with Crippen molar-refractivity contribution in [2.45, 2.75) is 11.7 Å². The average Bonchev–Trinajstić information content (AvgIpc) is 2.47. The molecule has 0 fully saturated rings. The summed E-state index contributed by atoms with van der Waals surface area (Å²) in [4.78, 5) is 23.4. The molecule has 1 amide bonds. The number of hydrogen-bond acceptors (Lipinski definition) is 6. The number of carbonyl (C=O) groups excluding carboxylic acids is 2. The highest BCUT2D eigenvalue weighted by Gasteiger charge is 2.39. The Balaban J connectivity index is 2.53. The monoisotopic (exact) mass is 714 g/mol. The van der Waals surface area contributed by atoms with E-state index in [1.807, 2.05) is 51.2 Å². The van der Waals surface area contributed by atoms with E-state index in [0.29, 0.717) is 5.56 Å². The molecule has 1 aromatic carbocycles. The van der Waals surface area contributed by atoms with Crippen molar-refractivity contribution in [2.75, 3.05) is 13.2 Å². The second kappa shape index (κ2) is 9.36. The van der Waals surface area contributed by atoms with Crippen LogP contribution in [0, 0.1) is 10.7 Å². The number of hydrogen-bond donors (Lipinski definition) is 1. The Bertz CT molecular complexity index is 787. The zero-order valence-electron chi connectivity index (χ0n) is 12.0. The van der Waals surface area contributed by atoms with Gasteiger partial charge in [-0.25, -0.2) is 8.42 Å². The van der Waals surface area contributed by atoms with E-state index in [4.69, 9.17) is 0 Å². The molecule has 0 radical (unpaired) electrons. The number of halogens is 5. The maximum absolute atomic E-state index is 12.8. The third-order valence-corrected chi connectivity index (χ3v) is 7.14. The third-order valence-electron chi connectivity index (χ3n) is 2.62. The number of amides is 1. The minimum absolute atomic E-state index is 0.203. The molecule has 13 heteroatoms. The molecule has 0 aliphatic heterocycles. The molecule has 1 N–H and O–H groups in total. The smallest absolute Gasteiger partial charge is 0.367 e. The van der Waals surface area contributed by atoms with Crippen LogP contribution in [-0.2, 0) is 19.6 Å². The first-order valence-electron chi connectivity index (χ1n) is 6.27. The van der Waals surface area contributed by atoms with E-state index in [1.54, 1.807) is 6.07 Å². The lowest BCUT2D eigenvalue weighted by molar-refractivity contribution is -0.149. The largest absolute Gasteiger partial charge is 0.743 e. The topological polar surface area (TPSA) is 113 Å². The van der Waals surface area contributed by atoms with E-state index >= 15 is 0 Å². The first kappa shape index (κ1) is 23.2. The van der Waals surface area contributed by atoms with E-state index in [2.05, 4.69) is 32.6 Å². The summed E-state index contributed by atoms with van der Waals surface area (Å²) in [5.41, 5.74) is 0.397. The van der Waals surface area contributed by atoms with Crippen LogP contribution in [0.25, 0.3) is 0 Å². The highest BCUT2D eigenvalue weighted by atomic mass is 127. The van der Waals surface area contributed by atoms with E-state index in [9.17, 15) is 31.3 Å². The molecule has 0 unspecified atom stereocenters. The zero-order chi connectivity index (χ0) is 19.4. The number of benzene rings is 1. The maximum atomic E-state index is 12.8. The normalized spacial score (nSPS) is 11.9. The molecule has 7 nitrogen and oxygen atoms in total. The molecule has 25 heavy (non-hydrogen) atoms. The van der Waals surface area contributed by atoms with Gasteiger partial charge in [0.15, 0.2) is 16.7 Å². The first-order chi connectivity index (χ1) is 11.3. The summed E-state index contributed by atoms with van der Waals surface area (Å²) in [5.74, 6) is -1.63. The summed E-state index contributed by atoms with van der Waals surface area (Å²) in [7, 11) is -5.91. The number of carbonyl (C=O) groups is 2. The van der Waals surface area contributed by atoms with E-state index in [1.165, 1.54) is 0 Å². The summed E-state index contributed by atoms with van der Waals surface area (Å²) in [6, 6.07) is 3.53. The summed E-state index contributed by atoms with van der Waals surface area (Å²) in [5, 5.41) is -2.26. The van der Waals surface area contributed by atoms with Crippen LogP contribution in [0.2, 0.25) is 0 Å². The predicted octanol–water partition coefficient (Wildman–Crippen LogP) is 2.30. The van der Waals surface area contributed by atoms with Crippen molar-refractivity contribution in [3.63, 3.8) is 0 Å². The Morgan fingerprint density at radius 1 is 1.24 bits per heavy atom. The highest BCUT2D eigenvalue weighted by molar-refractivity contribution is 14.1. The molecule has 0 aliphatic rings. The van der Waals surface area contributed by atoms with Crippen LogP contribution in [0.15, 0.2) is 12.1 Å². The summed E-state index contributed by atoms with van der Waals surface area (Å²) >= 11 is 6.11. The van der Waals surface area contributed by atoms with Gasteiger partial charge in [-0.1, -0.05) is 0 Å². The zero-order valence-corrected chi connectivity index (χ0v) is 19.3. The van der Waals surface area contributed by atoms with Crippen LogP contribution in [0.3, 0.4) is 0 Å². The molecule has 0 atom stereocenters. The molecule has 1 rings (SSSR count). The Kier molecular flexibility index (Phi) is 8.67. The number of nitrogens with one attached hydrogen (secondary N) is 1. The van der Waals surface area contributed by atoms with Crippen molar-refractivity contribution < 1.29 is 36.1 Å². The van der Waals surface area contributed by atoms with Crippen LogP contribution in [0.1, 0.15) is 16.8 Å². The van der Waals surface area contributed by atoms with Gasteiger partial charge in [-0.2, -0.15) is 8.78 Å². The summed E-state index contributed by atoms with van der Waals surface area (Å²) in [6.07, 6.45) is -0.460. The van der Waals surface area contributed by atoms with Crippen LogP contribution in [-0.4, -0.2) is 43.3 Å². The fraction of sp³-hybridized carbons (Fsp3) is 0.333. The van der Waals surface area contributed by atoms with E-state index in [0.717, 1.165) is 10.7 Å². The Morgan fingerprint density at radius 3 is 2.40 bits per heavy atom. The van der Waals surface area contributed by atoms with Gasteiger partial charge in [0.1, 0.15) is 0 Å². The molecule has 0 heterocycles. The van der Waals surface area contributed by atoms with Gasteiger partial charge < -0.3 is 14.6 Å². The number of esters is 1. The molecular weight excluding hydrogens is 705 g/mol. The lowest BCUT2D eigenvalue weighted by Crippen LogP contribution is -2.35. The first-order valence-corrected chi connectivity index (χ1v) is 10.9. The maximum Gasteiger partial charge on any atom is 0.367 e. The van der Waals surface area contributed by atoms with E-state index < -0.39 is 40.3 Å². The van der Waals surface area contributed by atoms with E-state index in [-0.39, 0.29) is 6.54 Å². The molecule has 0 aromatic heterocycles.